The largest absolute Gasteiger partial charge is 0.506 e. The Balaban J connectivity index is 0.000000270. The second-order valence-corrected chi connectivity index (χ2v) is 9.96. The fourth-order valence-electron chi connectivity index (χ4n) is 4.80. The molecule has 5 rings (SSSR count). The molecule has 4 aromatic rings. The number of amides is 2. The first kappa shape index (κ1) is 27.7. The van der Waals surface area contributed by atoms with Gasteiger partial charge in [0, 0.05) is 48.7 Å². The summed E-state index contributed by atoms with van der Waals surface area (Å²) in [6.45, 7) is 6.52. The molecule has 0 saturated carbocycles. The van der Waals surface area contributed by atoms with Gasteiger partial charge >= 0.3 is 0 Å². The molecule has 39 heavy (non-hydrogen) atoms. The zero-order valence-corrected chi connectivity index (χ0v) is 22.7. The summed E-state index contributed by atoms with van der Waals surface area (Å²) in [6, 6.07) is 24.4. The summed E-state index contributed by atoms with van der Waals surface area (Å²) in [7, 11) is 0. The second-order valence-electron chi connectivity index (χ2n) is 9.56. The average molecular weight is 543 g/mol. The Hall–Kier alpha value is -4.36. The molecule has 0 aromatic heterocycles. The van der Waals surface area contributed by atoms with Crippen LogP contribution in [0.2, 0.25) is 5.02 Å². The Labute approximate surface area is 232 Å². The minimum atomic E-state index is -0.563. The van der Waals surface area contributed by atoms with Crippen LogP contribution in [0.3, 0.4) is 0 Å². The average Bonchev–Trinajstić information content (AvgIpc) is 2.93. The molecule has 1 unspecified atom stereocenters. The van der Waals surface area contributed by atoms with Gasteiger partial charge in [-0.05, 0) is 72.1 Å². The van der Waals surface area contributed by atoms with Gasteiger partial charge in [0.05, 0.1) is 5.02 Å². The van der Waals surface area contributed by atoms with E-state index in [1.54, 1.807) is 0 Å². The molecule has 4 N–H and O–H groups in total. The number of hydrogen-bond acceptors (Lipinski definition) is 5. The maximum Gasteiger partial charge on any atom is 0.254 e. The summed E-state index contributed by atoms with van der Waals surface area (Å²) in [5, 5.41) is 18.6. The van der Waals surface area contributed by atoms with E-state index in [1.807, 2.05) is 41.3 Å². The zero-order chi connectivity index (χ0) is 28.1. The van der Waals surface area contributed by atoms with Crippen molar-refractivity contribution in [3.8, 4) is 5.75 Å². The van der Waals surface area contributed by atoms with Crippen LogP contribution in [-0.4, -0.2) is 53.7 Å². The van der Waals surface area contributed by atoms with E-state index >= 15 is 0 Å². The maximum atomic E-state index is 13.3. The number of nitrogens with one attached hydrogen (secondary N) is 1. The summed E-state index contributed by atoms with van der Waals surface area (Å²) >= 11 is 5.50. The number of nitrogens with zero attached hydrogens (tertiary/aromatic N) is 2. The van der Waals surface area contributed by atoms with Gasteiger partial charge in [0.15, 0.2) is 0 Å². The van der Waals surface area contributed by atoms with Crippen LogP contribution in [0, 0.1) is 12.3 Å². The first-order valence-electron chi connectivity index (χ1n) is 12.6. The molecule has 1 saturated heterocycles. The molecule has 0 bridgehead atoms. The molecule has 1 atom stereocenters. The Morgan fingerprint density at radius 2 is 1.74 bits per heavy atom. The third-order valence-electron chi connectivity index (χ3n) is 6.82. The first-order chi connectivity index (χ1) is 18.7. The molecular weight excluding hydrogens is 512 g/mol. The Bertz CT molecular complexity index is 1540. The lowest BCUT2D eigenvalue weighted by molar-refractivity contribution is 0.0728. The smallest absolute Gasteiger partial charge is 0.254 e. The molecule has 1 aliphatic heterocycles. The molecule has 2 amide bonds. The van der Waals surface area contributed by atoms with Crippen molar-refractivity contribution in [3.63, 3.8) is 0 Å². The number of hydrogen-bond donors (Lipinski definition) is 3. The molecule has 0 aliphatic carbocycles. The Morgan fingerprint density at radius 1 is 1.00 bits per heavy atom. The van der Waals surface area contributed by atoms with Crippen LogP contribution in [-0.2, 0) is 0 Å². The highest BCUT2D eigenvalue weighted by molar-refractivity contribution is 6.32. The highest BCUT2D eigenvalue weighted by Gasteiger charge is 2.28. The number of phenols is 1. The lowest BCUT2D eigenvalue weighted by Gasteiger charge is -2.41. The summed E-state index contributed by atoms with van der Waals surface area (Å²) in [5.41, 5.74) is 9.27. The predicted molar refractivity (Wildman–Crippen MR) is 157 cm³/mol. The maximum absolute atomic E-state index is 13.3. The summed E-state index contributed by atoms with van der Waals surface area (Å²) in [5.74, 6) is -0.549. The van der Waals surface area contributed by atoms with E-state index in [0.29, 0.717) is 13.1 Å². The number of phenolic OH excluding ortho intramolecular Hbond substituents is 1. The molecule has 200 valence electrons. The number of carbonyl (C=O) groups excluding carboxylic acids is 2. The summed E-state index contributed by atoms with van der Waals surface area (Å²) < 4.78 is 0. The number of halogens is 1. The van der Waals surface area contributed by atoms with Crippen LogP contribution in [0.4, 0.5) is 5.69 Å². The van der Waals surface area contributed by atoms with Gasteiger partial charge < -0.3 is 26.0 Å². The molecule has 8 heteroatoms. The van der Waals surface area contributed by atoms with Crippen LogP contribution in [0.1, 0.15) is 38.8 Å². The third kappa shape index (κ3) is 6.21. The van der Waals surface area contributed by atoms with Crippen molar-refractivity contribution in [2.75, 3.05) is 24.5 Å². The molecule has 0 radical (unpaired) electrons. The number of fused-ring (bicyclic) bond motifs is 1. The SMILES string of the molecule is Cc1cccc(N2CCN(C(=O)c3ccc(C=N)c4ccccc34)CC2C)c1.NC(=O)c1ccc(O)c(Cl)c1. The molecule has 4 aromatic carbocycles. The minimum absolute atomic E-state index is 0.0586. The van der Waals surface area contributed by atoms with Gasteiger partial charge in [-0.2, -0.15) is 0 Å². The predicted octanol–water partition coefficient (Wildman–Crippen LogP) is 5.64. The Morgan fingerprint density at radius 3 is 2.38 bits per heavy atom. The summed E-state index contributed by atoms with van der Waals surface area (Å²) in [6.07, 6.45) is 1.35. The lowest BCUT2D eigenvalue weighted by atomic mass is 9.98. The highest BCUT2D eigenvalue weighted by Crippen LogP contribution is 2.26. The third-order valence-corrected chi connectivity index (χ3v) is 7.13. The van der Waals surface area contributed by atoms with Crippen molar-refractivity contribution in [2.24, 2.45) is 5.73 Å². The molecule has 1 aliphatic rings. The number of aromatic hydroxyl groups is 1. The van der Waals surface area contributed by atoms with Gasteiger partial charge in [0.25, 0.3) is 5.91 Å². The van der Waals surface area contributed by atoms with Crippen molar-refractivity contribution in [1.82, 2.24) is 4.90 Å². The number of carbonyl (C=O) groups is 2. The van der Waals surface area contributed by atoms with Gasteiger partial charge in [0.1, 0.15) is 5.75 Å². The highest BCUT2D eigenvalue weighted by atomic mass is 35.5. The van der Waals surface area contributed by atoms with Crippen LogP contribution in [0.25, 0.3) is 10.8 Å². The quantitative estimate of drug-likeness (QED) is 0.290. The van der Waals surface area contributed by atoms with Crippen molar-refractivity contribution in [2.45, 2.75) is 19.9 Å². The van der Waals surface area contributed by atoms with E-state index in [4.69, 9.17) is 27.9 Å². The Kier molecular flexibility index (Phi) is 8.52. The van der Waals surface area contributed by atoms with E-state index in [9.17, 15) is 9.59 Å². The van der Waals surface area contributed by atoms with Crippen molar-refractivity contribution < 1.29 is 14.7 Å². The fourth-order valence-corrected chi connectivity index (χ4v) is 4.98. The van der Waals surface area contributed by atoms with Gasteiger partial charge in [0.2, 0.25) is 5.91 Å². The van der Waals surface area contributed by atoms with Gasteiger partial charge in [-0.15, -0.1) is 0 Å². The summed E-state index contributed by atoms with van der Waals surface area (Å²) in [4.78, 5) is 28.2. The monoisotopic (exact) mass is 542 g/mol. The molecule has 1 heterocycles. The van der Waals surface area contributed by atoms with Crippen LogP contribution in [0.5, 0.6) is 5.75 Å². The number of piperazine rings is 1. The number of nitrogens with two attached hydrogens (primary N) is 1. The van der Waals surface area contributed by atoms with E-state index < -0.39 is 5.91 Å². The van der Waals surface area contributed by atoms with Gasteiger partial charge in [-0.1, -0.05) is 54.1 Å². The minimum Gasteiger partial charge on any atom is -0.506 e. The van der Waals surface area contributed by atoms with Crippen molar-refractivity contribution in [1.29, 1.82) is 5.41 Å². The van der Waals surface area contributed by atoms with Gasteiger partial charge in [-0.3, -0.25) is 9.59 Å². The lowest BCUT2D eigenvalue weighted by Crippen LogP contribution is -2.53. The zero-order valence-electron chi connectivity index (χ0n) is 21.9. The van der Waals surface area contributed by atoms with E-state index in [0.717, 1.165) is 28.4 Å². The fraction of sp³-hybridized carbons (Fsp3) is 0.194. The number of benzene rings is 4. The molecule has 0 spiro atoms. The topological polar surface area (TPSA) is 111 Å². The first-order valence-corrected chi connectivity index (χ1v) is 13.0. The molecule has 1 fully saturated rings. The number of aryl methyl sites for hydroxylation is 1. The van der Waals surface area contributed by atoms with Gasteiger partial charge in [-0.25, -0.2) is 0 Å². The van der Waals surface area contributed by atoms with E-state index in [2.05, 4.69) is 43.0 Å². The molecular formula is C31H31ClN4O3. The molecule has 7 nitrogen and oxygen atoms in total. The van der Waals surface area contributed by atoms with Crippen LogP contribution < -0.4 is 10.6 Å². The van der Waals surface area contributed by atoms with E-state index in [1.165, 1.54) is 35.7 Å². The second kappa shape index (κ2) is 12.0. The van der Waals surface area contributed by atoms with Crippen molar-refractivity contribution >= 4 is 46.1 Å². The van der Waals surface area contributed by atoms with Crippen LogP contribution in [0.15, 0.2) is 78.9 Å². The van der Waals surface area contributed by atoms with E-state index in [-0.39, 0.29) is 28.3 Å². The number of rotatable bonds is 4. The number of anilines is 1. The van der Waals surface area contributed by atoms with Crippen LogP contribution >= 0.6 is 11.6 Å². The standard InChI is InChI=1S/C24H25N3O.C7H6ClNO2/c1-17-6-5-7-20(14-17)27-13-12-26(16-18(27)2)24(28)23-11-10-19(15-25)21-8-3-4-9-22(21)23;8-5-3-4(7(9)11)1-2-6(5)10/h3-11,14-15,18,25H,12-13,16H2,1-2H3;1-3,10H,(H2,9,11). The normalized spacial score (nSPS) is 14.9. The number of primary amides is 1. The van der Waals surface area contributed by atoms with Crippen molar-refractivity contribution in [3.05, 3.63) is 106 Å².